The van der Waals surface area contributed by atoms with Crippen molar-refractivity contribution in [1.29, 1.82) is 0 Å². The van der Waals surface area contributed by atoms with E-state index in [0.717, 1.165) is 6.07 Å². The third kappa shape index (κ3) is 5.18. The third-order valence-electron chi connectivity index (χ3n) is 3.81. The number of rotatable bonds is 4. The number of allylic oxidation sites excluding steroid dienone is 1. The first kappa shape index (κ1) is 22.0. The lowest BCUT2D eigenvalue weighted by Crippen LogP contribution is -2.19. The normalized spacial score (nSPS) is 13.6. The summed E-state index contributed by atoms with van der Waals surface area (Å²) >= 11 is 13.6. The van der Waals surface area contributed by atoms with Gasteiger partial charge in [-0.2, -0.15) is 13.2 Å². The van der Waals surface area contributed by atoms with Gasteiger partial charge in [0.2, 0.25) is 0 Å². The van der Waals surface area contributed by atoms with Gasteiger partial charge in [0.25, 0.3) is 0 Å². The molecule has 1 nitrogen and oxygen atoms in total. The minimum absolute atomic E-state index is 0.0323. The van der Waals surface area contributed by atoms with Gasteiger partial charge in [-0.25, -0.2) is 4.39 Å². The largest absolute Gasteiger partial charge is 0.508 e. The molecule has 0 aliphatic heterocycles. The van der Waals surface area contributed by atoms with Crippen molar-refractivity contribution in [1.82, 2.24) is 0 Å². The number of hydrogen-bond acceptors (Lipinski definition) is 1. The van der Waals surface area contributed by atoms with Crippen LogP contribution in [0.2, 0.25) is 10.0 Å². The highest BCUT2D eigenvalue weighted by atomic mass is 127. The van der Waals surface area contributed by atoms with Crippen molar-refractivity contribution in [2.24, 2.45) is 0 Å². The number of aliphatic hydroxyl groups is 1. The molecule has 0 radical (unpaired) electrons. The van der Waals surface area contributed by atoms with Crippen LogP contribution in [0.4, 0.5) is 17.6 Å². The second kappa shape index (κ2) is 8.41. The van der Waals surface area contributed by atoms with Crippen LogP contribution in [0.15, 0.2) is 43.0 Å². The zero-order chi connectivity index (χ0) is 20.5. The predicted octanol–water partition coefficient (Wildman–Crippen LogP) is 8.09. The van der Waals surface area contributed by atoms with Gasteiger partial charge in [-0.15, -0.1) is 0 Å². The molecule has 1 unspecified atom stereocenters. The van der Waals surface area contributed by atoms with Crippen molar-refractivity contribution in [3.63, 3.8) is 0 Å². The summed E-state index contributed by atoms with van der Waals surface area (Å²) in [6.07, 6.45) is -4.23. The monoisotopic (exact) mass is 530 g/mol. The molecule has 0 heterocycles. The second-order valence-electron chi connectivity index (χ2n) is 5.81. The van der Waals surface area contributed by atoms with Crippen molar-refractivity contribution in [2.45, 2.75) is 19.0 Å². The van der Waals surface area contributed by atoms with Crippen LogP contribution >= 0.6 is 45.8 Å². The van der Waals surface area contributed by atoms with E-state index < -0.39 is 17.9 Å². The molecule has 1 N–H and O–H groups in total. The fourth-order valence-electron chi connectivity index (χ4n) is 2.45. The average Bonchev–Trinajstić information content (AvgIpc) is 2.55. The lowest BCUT2D eigenvalue weighted by atomic mass is 9.95. The van der Waals surface area contributed by atoms with Crippen molar-refractivity contribution >= 4 is 57.4 Å². The highest BCUT2D eigenvalue weighted by Crippen LogP contribution is 2.41. The van der Waals surface area contributed by atoms with Gasteiger partial charge in [-0.05, 0) is 64.9 Å². The van der Waals surface area contributed by atoms with E-state index in [4.69, 9.17) is 23.2 Å². The van der Waals surface area contributed by atoms with Gasteiger partial charge >= 0.3 is 6.18 Å². The average molecular weight is 531 g/mol. The smallest absolute Gasteiger partial charge is 0.399 e. The Morgan fingerprint density at radius 3 is 2.33 bits per heavy atom. The Bertz CT molecular complexity index is 899. The summed E-state index contributed by atoms with van der Waals surface area (Å²) in [7, 11) is 0. The van der Waals surface area contributed by atoms with Crippen LogP contribution < -0.4 is 0 Å². The Morgan fingerprint density at radius 2 is 1.85 bits per heavy atom. The van der Waals surface area contributed by atoms with E-state index >= 15 is 0 Å². The highest BCUT2D eigenvalue weighted by molar-refractivity contribution is 14.1. The highest BCUT2D eigenvalue weighted by Gasteiger charge is 2.40. The maximum Gasteiger partial charge on any atom is 0.399 e. The van der Waals surface area contributed by atoms with E-state index in [0.29, 0.717) is 20.8 Å². The summed E-state index contributed by atoms with van der Waals surface area (Å²) in [4.78, 5) is 0. The minimum atomic E-state index is -4.73. The third-order valence-corrected chi connectivity index (χ3v) is 5.60. The summed E-state index contributed by atoms with van der Waals surface area (Å²) < 4.78 is 55.7. The van der Waals surface area contributed by atoms with E-state index in [1.807, 2.05) is 22.6 Å². The number of benzene rings is 2. The molecule has 2 rings (SSSR count). The summed E-state index contributed by atoms with van der Waals surface area (Å²) in [6.45, 7) is 4.90. The van der Waals surface area contributed by atoms with Crippen LogP contribution in [0.3, 0.4) is 0 Å². The Hall–Kier alpha value is -1.25. The zero-order valence-electron chi connectivity index (χ0n) is 13.8. The molecule has 8 heteroatoms. The Labute approximate surface area is 177 Å². The number of hydrogen-bond donors (Lipinski definition) is 1. The van der Waals surface area contributed by atoms with E-state index in [2.05, 4.69) is 6.58 Å². The molecule has 0 saturated carbocycles. The van der Waals surface area contributed by atoms with Crippen molar-refractivity contribution in [2.75, 3.05) is 0 Å². The molecule has 0 bridgehead atoms. The SMILES string of the molecule is C=C(O)c1ccc(/C(F)=C/C(c2cc(C)c(Cl)c(Cl)c2)C(F)(F)F)cc1I. The predicted molar refractivity (Wildman–Crippen MR) is 110 cm³/mol. The first-order chi connectivity index (χ1) is 12.4. The van der Waals surface area contributed by atoms with Crippen LogP contribution in [0.1, 0.15) is 28.2 Å². The standard InChI is InChI=1S/C19H13Cl2F4IO/c1-9-5-12(6-15(20)18(9)21)14(19(23,24)25)8-16(22)11-3-4-13(10(2)27)17(26)7-11/h3-8,14,27H,2H2,1H3/b16-8-. The van der Waals surface area contributed by atoms with Crippen LogP contribution in [0.5, 0.6) is 0 Å². The zero-order valence-corrected chi connectivity index (χ0v) is 17.5. The quantitative estimate of drug-likeness (QED) is 0.240. The van der Waals surface area contributed by atoms with Gasteiger partial charge < -0.3 is 5.11 Å². The molecule has 2 aromatic rings. The molecule has 27 heavy (non-hydrogen) atoms. The van der Waals surface area contributed by atoms with Gasteiger partial charge in [0.15, 0.2) is 0 Å². The molecular weight excluding hydrogens is 518 g/mol. The maximum absolute atomic E-state index is 14.6. The van der Waals surface area contributed by atoms with Gasteiger partial charge in [0.05, 0.1) is 10.0 Å². The van der Waals surface area contributed by atoms with Gasteiger partial charge in [0.1, 0.15) is 17.5 Å². The fourth-order valence-corrected chi connectivity index (χ4v) is 3.66. The maximum atomic E-state index is 14.6. The Morgan fingerprint density at radius 1 is 1.22 bits per heavy atom. The Kier molecular flexibility index (Phi) is 6.86. The lowest BCUT2D eigenvalue weighted by molar-refractivity contribution is -0.139. The molecule has 0 aliphatic carbocycles. The van der Waals surface area contributed by atoms with Crippen molar-refractivity contribution < 1.29 is 22.7 Å². The number of halogens is 7. The molecule has 0 saturated heterocycles. The number of alkyl halides is 3. The second-order valence-corrected chi connectivity index (χ2v) is 7.76. The first-order valence-electron chi connectivity index (χ1n) is 7.49. The topological polar surface area (TPSA) is 20.2 Å². The van der Waals surface area contributed by atoms with E-state index in [9.17, 15) is 22.7 Å². The van der Waals surface area contributed by atoms with Gasteiger partial charge in [-0.1, -0.05) is 41.9 Å². The molecule has 0 amide bonds. The molecule has 144 valence electrons. The number of aryl methyl sites for hydroxylation is 1. The molecular formula is C19H13Cl2F4IO. The summed E-state index contributed by atoms with van der Waals surface area (Å²) in [5.74, 6) is -3.46. The molecule has 2 aromatic carbocycles. The molecule has 0 fully saturated rings. The van der Waals surface area contributed by atoms with Crippen molar-refractivity contribution in [3.8, 4) is 0 Å². The lowest BCUT2D eigenvalue weighted by Gasteiger charge is -2.19. The summed E-state index contributed by atoms with van der Waals surface area (Å²) in [5, 5.41) is 9.55. The van der Waals surface area contributed by atoms with Gasteiger partial charge in [0, 0.05) is 14.7 Å². The van der Waals surface area contributed by atoms with E-state index in [1.54, 1.807) is 0 Å². The summed E-state index contributed by atoms with van der Waals surface area (Å²) in [5.41, 5.74) is 0.484. The first-order valence-corrected chi connectivity index (χ1v) is 9.33. The molecule has 1 atom stereocenters. The Balaban J connectivity index is 2.53. The van der Waals surface area contributed by atoms with Crippen LogP contribution in [-0.2, 0) is 0 Å². The number of aliphatic hydroxyl groups excluding tert-OH is 1. The molecule has 0 aliphatic rings. The molecule has 0 spiro atoms. The summed E-state index contributed by atoms with van der Waals surface area (Å²) in [6, 6.07) is 6.31. The van der Waals surface area contributed by atoms with Gasteiger partial charge in [-0.3, -0.25) is 0 Å². The van der Waals surface area contributed by atoms with Crippen LogP contribution in [-0.4, -0.2) is 11.3 Å². The van der Waals surface area contributed by atoms with E-state index in [-0.39, 0.29) is 26.9 Å². The van der Waals surface area contributed by atoms with Crippen molar-refractivity contribution in [3.05, 3.63) is 78.9 Å². The van der Waals surface area contributed by atoms with Crippen LogP contribution in [0, 0.1) is 10.5 Å². The minimum Gasteiger partial charge on any atom is -0.508 e. The van der Waals surface area contributed by atoms with E-state index in [1.165, 1.54) is 31.2 Å². The van der Waals surface area contributed by atoms with Crippen LogP contribution in [0.25, 0.3) is 11.6 Å². The fraction of sp³-hybridized carbons (Fsp3) is 0.158. The molecule has 0 aromatic heterocycles.